The van der Waals surface area contributed by atoms with Crippen LogP contribution in [0.1, 0.15) is 22.8 Å². The normalized spacial score (nSPS) is 12.6. The van der Waals surface area contributed by atoms with Gasteiger partial charge in [-0.05, 0) is 31.2 Å². The quantitative estimate of drug-likeness (QED) is 0.480. The van der Waals surface area contributed by atoms with E-state index < -0.39 is 29.6 Å². The van der Waals surface area contributed by atoms with E-state index in [4.69, 9.17) is 18.9 Å². The number of amides is 1. The minimum absolute atomic E-state index is 0.0786. The fraction of sp³-hybridized carbons (Fsp3) is 0.208. The van der Waals surface area contributed by atoms with Gasteiger partial charge in [0.15, 0.2) is 17.6 Å². The molecule has 0 spiro atoms. The van der Waals surface area contributed by atoms with Gasteiger partial charge in [-0.1, -0.05) is 6.07 Å². The number of hydrogen-bond acceptors (Lipinski definition) is 8. The lowest BCUT2D eigenvalue weighted by Gasteiger charge is -2.14. The third-order valence-corrected chi connectivity index (χ3v) is 4.93. The van der Waals surface area contributed by atoms with Gasteiger partial charge in [0.25, 0.3) is 5.91 Å². The Hall–Kier alpha value is -4.41. The van der Waals surface area contributed by atoms with Crippen molar-refractivity contribution in [2.24, 2.45) is 0 Å². The topological polar surface area (TPSA) is 105 Å². The number of carbonyl (C=O) groups is 2. The van der Waals surface area contributed by atoms with Crippen LogP contribution >= 0.6 is 0 Å². The molecule has 0 radical (unpaired) electrons. The largest absolute Gasteiger partial charge is 0.479 e. The lowest BCUT2D eigenvalue weighted by atomic mass is 10.2. The molecule has 1 aliphatic rings. The van der Waals surface area contributed by atoms with Gasteiger partial charge in [-0.15, -0.1) is 0 Å². The number of benzene rings is 2. The summed E-state index contributed by atoms with van der Waals surface area (Å²) in [5.41, 5.74) is -0.0473. The molecule has 0 fully saturated rings. The van der Waals surface area contributed by atoms with E-state index in [-0.39, 0.29) is 36.1 Å². The maximum absolute atomic E-state index is 14.5. The van der Waals surface area contributed by atoms with Gasteiger partial charge in [-0.25, -0.2) is 18.6 Å². The predicted molar refractivity (Wildman–Crippen MR) is 117 cm³/mol. The zero-order valence-corrected chi connectivity index (χ0v) is 18.7. The van der Waals surface area contributed by atoms with Gasteiger partial charge in [0.2, 0.25) is 12.7 Å². The second-order valence-corrected chi connectivity index (χ2v) is 7.34. The van der Waals surface area contributed by atoms with E-state index in [9.17, 15) is 18.4 Å². The second kappa shape index (κ2) is 10.2. The molecule has 0 saturated heterocycles. The first-order valence-electron chi connectivity index (χ1n) is 10.4. The number of carbonyl (C=O) groups excluding carboxylic acids is 2. The molecule has 2 heterocycles. The Morgan fingerprint density at radius 2 is 1.86 bits per heavy atom. The highest BCUT2D eigenvalue weighted by Crippen LogP contribution is 2.36. The molecule has 1 aliphatic heterocycles. The number of ether oxygens (including phenoxy) is 5. The predicted octanol–water partition coefficient (Wildman–Crippen LogP) is 3.75. The zero-order valence-electron chi connectivity index (χ0n) is 18.7. The number of hydrogen-bond donors (Lipinski definition) is 1. The van der Waals surface area contributed by atoms with Crippen molar-refractivity contribution < 1.29 is 42.1 Å². The first kappa shape index (κ1) is 23.7. The Labute approximate surface area is 198 Å². The fourth-order valence-electron chi connectivity index (χ4n) is 3.16. The van der Waals surface area contributed by atoms with Crippen LogP contribution in [0.2, 0.25) is 0 Å². The van der Waals surface area contributed by atoms with Crippen LogP contribution in [-0.2, 0) is 16.1 Å². The summed E-state index contributed by atoms with van der Waals surface area (Å²) in [4.78, 5) is 28.1. The first-order valence-corrected chi connectivity index (χ1v) is 10.4. The standard InChI is InChI=1S/C24H20F2N2O7/c1-13(24(30)31-2)34-16-4-3-14(19(26)8-16)10-27-22(29)18-7-15(25)11-28-23(18)35-17-5-6-20-21(9-17)33-12-32-20/h3-9,11,13H,10,12H2,1-2H3,(H,27,29). The highest BCUT2D eigenvalue weighted by Gasteiger charge is 2.20. The third-order valence-electron chi connectivity index (χ3n) is 4.93. The van der Waals surface area contributed by atoms with Gasteiger partial charge in [-0.3, -0.25) is 4.79 Å². The Morgan fingerprint density at radius 1 is 1.09 bits per heavy atom. The van der Waals surface area contributed by atoms with Gasteiger partial charge in [0.05, 0.1) is 13.3 Å². The number of nitrogens with zero attached hydrogens (tertiary/aromatic N) is 1. The Balaban J connectivity index is 1.44. The maximum Gasteiger partial charge on any atom is 0.346 e. The van der Waals surface area contributed by atoms with E-state index >= 15 is 0 Å². The lowest BCUT2D eigenvalue weighted by Crippen LogP contribution is -2.25. The van der Waals surface area contributed by atoms with Gasteiger partial charge in [-0.2, -0.15) is 0 Å². The van der Waals surface area contributed by atoms with E-state index in [1.165, 1.54) is 26.2 Å². The van der Waals surface area contributed by atoms with Gasteiger partial charge in [0, 0.05) is 24.2 Å². The monoisotopic (exact) mass is 486 g/mol. The Morgan fingerprint density at radius 3 is 2.63 bits per heavy atom. The summed E-state index contributed by atoms with van der Waals surface area (Å²) in [6.07, 6.45) is -0.0131. The summed E-state index contributed by atoms with van der Waals surface area (Å²) in [6.45, 7) is 1.33. The molecule has 35 heavy (non-hydrogen) atoms. The number of esters is 1. The van der Waals surface area contributed by atoms with Crippen LogP contribution < -0.4 is 24.3 Å². The SMILES string of the molecule is COC(=O)C(C)Oc1ccc(CNC(=O)c2cc(F)cnc2Oc2ccc3c(c2)OCO3)c(F)c1. The molecule has 11 heteroatoms. The van der Waals surface area contributed by atoms with Gasteiger partial charge in [0.1, 0.15) is 28.7 Å². The molecule has 0 saturated carbocycles. The summed E-state index contributed by atoms with van der Waals surface area (Å²) in [7, 11) is 1.22. The number of methoxy groups -OCH3 is 1. The van der Waals surface area contributed by atoms with Crippen LogP contribution in [0.3, 0.4) is 0 Å². The van der Waals surface area contributed by atoms with Crippen LogP contribution in [-0.4, -0.2) is 36.9 Å². The first-order chi connectivity index (χ1) is 16.8. The van der Waals surface area contributed by atoms with E-state index in [0.717, 1.165) is 18.3 Å². The molecular formula is C24H20F2N2O7. The van der Waals surface area contributed by atoms with Crippen molar-refractivity contribution in [3.05, 3.63) is 71.4 Å². The number of rotatable bonds is 8. The Bertz CT molecular complexity index is 1270. The average molecular weight is 486 g/mol. The van der Waals surface area contributed by atoms with E-state index in [1.54, 1.807) is 18.2 Å². The number of nitrogens with one attached hydrogen (secondary N) is 1. The van der Waals surface area contributed by atoms with Crippen molar-refractivity contribution >= 4 is 11.9 Å². The van der Waals surface area contributed by atoms with Gasteiger partial charge < -0.3 is 29.0 Å². The van der Waals surface area contributed by atoms with Crippen LogP contribution in [0.4, 0.5) is 8.78 Å². The van der Waals surface area contributed by atoms with Crippen molar-refractivity contribution in [2.75, 3.05) is 13.9 Å². The fourth-order valence-corrected chi connectivity index (χ4v) is 3.16. The number of pyridine rings is 1. The summed E-state index contributed by atoms with van der Waals surface area (Å²) >= 11 is 0. The van der Waals surface area contributed by atoms with Crippen molar-refractivity contribution in [3.8, 4) is 28.9 Å². The van der Waals surface area contributed by atoms with Crippen LogP contribution in [0.5, 0.6) is 28.9 Å². The molecule has 0 aliphatic carbocycles. The molecule has 182 valence electrons. The van der Waals surface area contributed by atoms with Crippen molar-refractivity contribution in [1.82, 2.24) is 10.3 Å². The smallest absolute Gasteiger partial charge is 0.346 e. The summed E-state index contributed by atoms with van der Waals surface area (Å²) < 4.78 is 54.4. The molecule has 3 aromatic rings. The summed E-state index contributed by atoms with van der Waals surface area (Å²) in [5.74, 6) is -1.50. The molecule has 0 bridgehead atoms. The molecule has 1 atom stereocenters. The average Bonchev–Trinajstić information content (AvgIpc) is 3.32. The molecule has 1 unspecified atom stereocenters. The molecule has 2 aromatic carbocycles. The number of fused-ring (bicyclic) bond motifs is 1. The van der Waals surface area contributed by atoms with Crippen LogP contribution in [0.15, 0.2) is 48.7 Å². The highest BCUT2D eigenvalue weighted by molar-refractivity contribution is 5.96. The third kappa shape index (κ3) is 5.57. The molecule has 1 N–H and O–H groups in total. The van der Waals surface area contributed by atoms with Crippen molar-refractivity contribution in [1.29, 1.82) is 0 Å². The van der Waals surface area contributed by atoms with Crippen molar-refractivity contribution in [2.45, 2.75) is 19.6 Å². The zero-order chi connectivity index (χ0) is 24.9. The van der Waals surface area contributed by atoms with Crippen molar-refractivity contribution in [3.63, 3.8) is 0 Å². The van der Waals surface area contributed by atoms with Crippen LogP contribution in [0, 0.1) is 11.6 Å². The second-order valence-electron chi connectivity index (χ2n) is 7.34. The highest BCUT2D eigenvalue weighted by atomic mass is 19.1. The summed E-state index contributed by atoms with van der Waals surface area (Å²) in [6, 6.07) is 9.65. The van der Waals surface area contributed by atoms with Crippen LogP contribution in [0.25, 0.3) is 0 Å². The molecule has 1 amide bonds. The molecule has 9 nitrogen and oxygen atoms in total. The molecule has 1 aromatic heterocycles. The number of halogens is 2. The molecular weight excluding hydrogens is 466 g/mol. The minimum atomic E-state index is -0.923. The summed E-state index contributed by atoms with van der Waals surface area (Å²) in [5, 5.41) is 2.51. The number of aromatic nitrogens is 1. The maximum atomic E-state index is 14.5. The Kier molecular flexibility index (Phi) is 6.95. The van der Waals surface area contributed by atoms with E-state index in [2.05, 4.69) is 15.0 Å². The molecule has 4 rings (SSSR count). The van der Waals surface area contributed by atoms with E-state index in [1.807, 2.05) is 0 Å². The minimum Gasteiger partial charge on any atom is -0.479 e. The lowest BCUT2D eigenvalue weighted by molar-refractivity contribution is -0.147. The van der Waals surface area contributed by atoms with E-state index in [0.29, 0.717) is 17.2 Å². The van der Waals surface area contributed by atoms with Gasteiger partial charge >= 0.3 is 5.97 Å².